The number of carbonyl (C=O) groups excluding carboxylic acids is 4. The highest BCUT2D eigenvalue weighted by Crippen LogP contribution is 2.26. The number of aryl methyl sites for hydroxylation is 1. The number of ether oxygens (including phenoxy) is 2. The molecule has 0 saturated heterocycles. The standard InChI is InChI=1S/C29H39N3O7/c1-7-38-24(34)15-16-30-26(35)25(21-13-14-23(33)19(2)17-21)32(6)27(36)22(18-20-11-9-8-10-12-20)31-28(37)39-29(3,4)5/h8-14,17,22,25,33H,7,15-16,18H2,1-6H3,(H,30,35)(H,31,37). The van der Waals surface area contributed by atoms with E-state index < -0.39 is 41.6 Å². The first-order chi connectivity index (χ1) is 18.3. The average Bonchev–Trinajstić information content (AvgIpc) is 2.85. The summed E-state index contributed by atoms with van der Waals surface area (Å²) in [5.41, 5.74) is 0.994. The average molecular weight is 542 g/mol. The minimum atomic E-state index is -1.11. The van der Waals surface area contributed by atoms with Crippen molar-refractivity contribution < 1.29 is 33.8 Å². The normalized spacial score (nSPS) is 12.6. The smallest absolute Gasteiger partial charge is 0.408 e. The van der Waals surface area contributed by atoms with Gasteiger partial charge in [-0.1, -0.05) is 36.4 Å². The molecule has 2 atom stereocenters. The molecule has 10 heteroatoms. The second-order valence-corrected chi connectivity index (χ2v) is 10.1. The Morgan fingerprint density at radius 3 is 2.31 bits per heavy atom. The lowest BCUT2D eigenvalue weighted by Gasteiger charge is -2.32. The Hall–Kier alpha value is -4.08. The van der Waals surface area contributed by atoms with Crippen LogP contribution >= 0.6 is 0 Å². The zero-order chi connectivity index (χ0) is 29.2. The summed E-state index contributed by atoms with van der Waals surface area (Å²) in [5.74, 6) is -1.47. The predicted octanol–water partition coefficient (Wildman–Crippen LogP) is 3.41. The number of phenols is 1. The van der Waals surface area contributed by atoms with Crippen molar-refractivity contribution >= 4 is 23.9 Å². The van der Waals surface area contributed by atoms with E-state index in [2.05, 4.69) is 10.6 Å². The second-order valence-electron chi connectivity index (χ2n) is 10.1. The molecule has 0 aromatic heterocycles. The van der Waals surface area contributed by atoms with Gasteiger partial charge in [0.05, 0.1) is 13.0 Å². The number of likely N-dealkylation sites (N-methyl/N-ethyl adjacent to an activating group) is 1. The van der Waals surface area contributed by atoms with Crippen LogP contribution in [0.3, 0.4) is 0 Å². The molecule has 2 aromatic rings. The number of hydrogen-bond acceptors (Lipinski definition) is 7. The summed E-state index contributed by atoms with van der Waals surface area (Å²) in [6.07, 6.45) is -0.633. The maximum Gasteiger partial charge on any atom is 0.408 e. The third kappa shape index (κ3) is 9.96. The number of aromatic hydroxyl groups is 1. The summed E-state index contributed by atoms with van der Waals surface area (Å²) in [4.78, 5) is 52.9. The van der Waals surface area contributed by atoms with E-state index in [1.54, 1.807) is 46.8 Å². The van der Waals surface area contributed by atoms with Crippen molar-refractivity contribution in [2.45, 2.75) is 65.1 Å². The summed E-state index contributed by atoms with van der Waals surface area (Å²) in [6.45, 7) is 8.77. The number of nitrogens with zero attached hydrogens (tertiary/aromatic N) is 1. The minimum absolute atomic E-state index is 0.0108. The molecule has 0 aliphatic rings. The van der Waals surface area contributed by atoms with E-state index in [0.717, 1.165) is 5.56 Å². The SMILES string of the molecule is CCOC(=O)CCNC(=O)C(c1ccc(O)c(C)c1)N(C)C(=O)C(Cc1ccccc1)NC(=O)OC(C)(C)C. The molecule has 3 amide bonds. The van der Waals surface area contributed by atoms with E-state index in [9.17, 15) is 24.3 Å². The number of benzene rings is 2. The molecule has 0 aliphatic carbocycles. The number of esters is 1. The van der Waals surface area contributed by atoms with Gasteiger partial charge in [-0.25, -0.2) is 4.79 Å². The monoisotopic (exact) mass is 541 g/mol. The van der Waals surface area contributed by atoms with Crippen LogP contribution in [0.4, 0.5) is 4.79 Å². The summed E-state index contributed by atoms with van der Waals surface area (Å²) in [7, 11) is 1.47. The molecule has 0 fully saturated rings. The Labute approximate surface area is 229 Å². The third-order valence-corrected chi connectivity index (χ3v) is 5.73. The van der Waals surface area contributed by atoms with Gasteiger partial charge in [-0.05, 0) is 63.4 Å². The number of amides is 3. The largest absolute Gasteiger partial charge is 0.508 e. The molecule has 0 spiro atoms. The lowest BCUT2D eigenvalue weighted by Crippen LogP contribution is -2.52. The molecular weight excluding hydrogens is 502 g/mol. The number of carbonyl (C=O) groups is 4. The van der Waals surface area contributed by atoms with E-state index in [1.807, 2.05) is 30.3 Å². The topological polar surface area (TPSA) is 134 Å². The first kappa shape index (κ1) is 31.1. The summed E-state index contributed by atoms with van der Waals surface area (Å²) >= 11 is 0. The van der Waals surface area contributed by atoms with Crippen molar-refractivity contribution in [1.82, 2.24) is 15.5 Å². The Morgan fingerprint density at radius 2 is 1.72 bits per heavy atom. The highest BCUT2D eigenvalue weighted by atomic mass is 16.6. The Kier molecular flexibility index (Phi) is 11.3. The van der Waals surface area contributed by atoms with Crippen LogP contribution in [0.2, 0.25) is 0 Å². The molecule has 0 saturated carbocycles. The van der Waals surface area contributed by atoms with Gasteiger partial charge in [-0.2, -0.15) is 0 Å². The van der Waals surface area contributed by atoms with Crippen LogP contribution in [-0.2, 0) is 30.3 Å². The van der Waals surface area contributed by atoms with E-state index in [4.69, 9.17) is 9.47 Å². The maximum absolute atomic E-state index is 13.8. The van der Waals surface area contributed by atoms with Gasteiger partial charge in [0, 0.05) is 20.0 Å². The summed E-state index contributed by atoms with van der Waals surface area (Å²) in [6, 6.07) is 11.6. The zero-order valence-electron chi connectivity index (χ0n) is 23.4. The Morgan fingerprint density at radius 1 is 1.05 bits per heavy atom. The highest BCUT2D eigenvalue weighted by molar-refractivity contribution is 5.92. The minimum Gasteiger partial charge on any atom is -0.508 e. The van der Waals surface area contributed by atoms with Crippen molar-refractivity contribution in [3.8, 4) is 5.75 Å². The van der Waals surface area contributed by atoms with Crippen LogP contribution < -0.4 is 10.6 Å². The van der Waals surface area contributed by atoms with Gasteiger partial charge in [0.2, 0.25) is 11.8 Å². The molecule has 0 aliphatic heterocycles. The van der Waals surface area contributed by atoms with Gasteiger partial charge in [0.1, 0.15) is 23.4 Å². The van der Waals surface area contributed by atoms with Gasteiger partial charge < -0.3 is 30.1 Å². The number of nitrogens with one attached hydrogen (secondary N) is 2. The van der Waals surface area contributed by atoms with E-state index in [-0.39, 0.29) is 31.7 Å². The highest BCUT2D eigenvalue weighted by Gasteiger charge is 2.34. The van der Waals surface area contributed by atoms with Crippen LogP contribution in [0.5, 0.6) is 5.75 Å². The first-order valence-corrected chi connectivity index (χ1v) is 12.8. The van der Waals surface area contributed by atoms with Crippen molar-refractivity contribution in [3.05, 3.63) is 65.2 Å². The molecule has 10 nitrogen and oxygen atoms in total. The molecular formula is C29H39N3O7. The fourth-order valence-electron chi connectivity index (χ4n) is 3.89. The lowest BCUT2D eigenvalue weighted by molar-refractivity contribution is -0.143. The molecule has 3 N–H and O–H groups in total. The van der Waals surface area contributed by atoms with Crippen molar-refractivity contribution in [3.63, 3.8) is 0 Å². The number of alkyl carbamates (subject to hydrolysis) is 1. The molecule has 0 heterocycles. The Balaban J connectivity index is 2.37. The van der Waals surface area contributed by atoms with Crippen LogP contribution in [0.25, 0.3) is 0 Å². The van der Waals surface area contributed by atoms with Gasteiger partial charge >= 0.3 is 12.1 Å². The van der Waals surface area contributed by atoms with Crippen LogP contribution in [0, 0.1) is 6.92 Å². The molecule has 2 rings (SSSR count). The van der Waals surface area contributed by atoms with E-state index in [1.165, 1.54) is 18.0 Å². The molecule has 0 bridgehead atoms. The third-order valence-electron chi connectivity index (χ3n) is 5.73. The van der Waals surface area contributed by atoms with E-state index >= 15 is 0 Å². The maximum atomic E-state index is 13.8. The molecule has 39 heavy (non-hydrogen) atoms. The van der Waals surface area contributed by atoms with Gasteiger partial charge in [-0.15, -0.1) is 0 Å². The molecule has 2 unspecified atom stereocenters. The lowest BCUT2D eigenvalue weighted by atomic mass is 9.99. The molecule has 212 valence electrons. The van der Waals surface area contributed by atoms with Crippen LogP contribution in [-0.4, -0.2) is 65.7 Å². The van der Waals surface area contributed by atoms with Crippen LogP contribution in [0.15, 0.2) is 48.5 Å². The van der Waals surface area contributed by atoms with E-state index in [0.29, 0.717) is 11.1 Å². The van der Waals surface area contributed by atoms with Gasteiger partial charge in [0.15, 0.2) is 0 Å². The summed E-state index contributed by atoms with van der Waals surface area (Å²) < 4.78 is 10.3. The summed E-state index contributed by atoms with van der Waals surface area (Å²) in [5, 5.41) is 15.4. The fourth-order valence-corrected chi connectivity index (χ4v) is 3.89. The quantitative estimate of drug-likeness (QED) is 0.371. The van der Waals surface area contributed by atoms with Crippen molar-refractivity contribution in [2.24, 2.45) is 0 Å². The fraction of sp³-hybridized carbons (Fsp3) is 0.448. The second kappa shape index (κ2) is 14.2. The number of phenolic OH excluding ortho intramolecular Hbond substituents is 1. The van der Waals surface area contributed by atoms with Gasteiger partial charge in [0.25, 0.3) is 0 Å². The van der Waals surface area contributed by atoms with Crippen molar-refractivity contribution in [1.29, 1.82) is 0 Å². The molecule has 2 aromatic carbocycles. The number of rotatable bonds is 11. The van der Waals surface area contributed by atoms with Gasteiger partial charge in [-0.3, -0.25) is 14.4 Å². The molecule has 0 radical (unpaired) electrons. The van der Waals surface area contributed by atoms with Crippen molar-refractivity contribution in [2.75, 3.05) is 20.2 Å². The number of hydrogen-bond donors (Lipinski definition) is 3. The van der Waals surface area contributed by atoms with Crippen LogP contribution in [0.1, 0.15) is 56.8 Å². The predicted molar refractivity (Wildman–Crippen MR) is 146 cm³/mol. The Bertz CT molecular complexity index is 1150. The zero-order valence-corrected chi connectivity index (χ0v) is 23.4. The first-order valence-electron chi connectivity index (χ1n) is 12.8.